The predicted octanol–water partition coefficient (Wildman–Crippen LogP) is 2.98. The van der Waals surface area contributed by atoms with Crippen LogP contribution in [0.2, 0.25) is 0 Å². The van der Waals surface area contributed by atoms with E-state index in [0.29, 0.717) is 0 Å². The molecule has 23 heavy (non-hydrogen) atoms. The third-order valence-corrected chi connectivity index (χ3v) is 5.24. The minimum atomic E-state index is -0.167. The zero-order chi connectivity index (χ0) is 15.8. The molecule has 2 aliphatic rings. The number of hydrogen-bond acceptors (Lipinski definition) is 2. The minimum absolute atomic E-state index is 0.0894. The number of nitrogens with zero attached hydrogens (tertiary/aromatic N) is 2. The van der Waals surface area contributed by atoms with Crippen LogP contribution in [-0.4, -0.2) is 35.0 Å². The molecule has 0 bridgehead atoms. The number of carbonyl (C=O) groups excluding carboxylic acids is 1. The Labute approximate surface area is 137 Å². The number of anilines is 1. The van der Waals surface area contributed by atoms with Crippen LogP contribution in [0.3, 0.4) is 0 Å². The molecule has 3 heterocycles. The number of likely N-dealkylation sites (tertiary alicyclic amines) is 1. The number of carbonyl (C=O) groups is 1. The van der Waals surface area contributed by atoms with E-state index in [0.717, 1.165) is 29.9 Å². The summed E-state index contributed by atoms with van der Waals surface area (Å²) in [5.74, 6) is -0.0779. The van der Waals surface area contributed by atoms with Crippen molar-refractivity contribution < 1.29 is 4.79 Å². The lowest BCUT2D eigenvalue weighted by atomic mass is 9.93. The summed E-state index contributed by atoms with van der Waals surface area (Å²) < 4.78 is 2.29. The number of hydrogen-bond donors (Lipinski definition) is 1. The predicted molar refractivity (Wildman–Crippen MR) is 91.8 cm³/mol. The van der Waals surface area contributed by atoms with Crippen molar-refractivity contribution in [3.05, 3.63) is 53.3 Å². The average molecular weight is 309 g/mol. The number of rotatable bonds is 4. The number of aromatic nitrogens is 1. The second-order valence-corrected chi connectivity index (χ2v) is 6.61. The van der Waals surface area contributed by atoms with Crippen molar-refractivity contribution in [2.24, 2.45) is 0 Å². The Morgan fingerprint density at radius 3 is 2.70 bits per heavy atom. The van der Waals surface area contributed by atoms with Gasteiger partial charge >= 0.3 is 0 Å². The Kier molecular flexibility index (Phi) is 3.69. The normalized spacial score (nSPS) is 20.7. The van der Waals surface area contributed by atoms with Gasteiger partial charge in [0.15, 0.2) is 0 Å². The summed E-state index contributed by atoms with van der Waals surface area (Å²) >= 11 is 0. The Hall–Kier alpha value is -2.07. The quantitative estimate of drug-likeness (QED) is 0.943. The molecule has 0 spiro atoms. The van der Waals surface area contributed by atoms with E-state index in [4.69, 9.17) is 0 Å². The van der Waals surface area contributed by atoms with E-state index < -0.39 is 0 Å². The van der Waals surface area contributed by atoms with Crippen LogP contribution < -0.4 is 5.32 Å². The van der Waals surface area contributed by atoms with Gasteiger partial charge in [-0.2, -0.15) is 0 Å². The molecule has 1 amide bonds. The van der Waals surface area contributed by atoms with Crippen LogP contribution in [0.1, 0.15) is 35.6 Å². The Morgan fingerprint density at radius 1 is 1.09 bits per heavy atom. The maximum absolute atomic E-state index is 12.4. The Bertz CT molecular complexity index is 728. The first-order valence-corrected chi connectivity index (χ1v) is 8.52. The second-order valence-electron chi connectivity index (χ2n) is 6.61. The summed E-state index contributed by atoms with van der Waals surface area (Å²) in [5.41, 5.74) is 4.39. The van der Waals surface area contributed by atoms with Gasteiger partial charge < -0.3 is 14.8 Å². The van der Waals surface area contributed by atoms with Crippen molar-refractivity contribution in [1.29, 1.82) is 0 Å². The van der Waals surface area contributed by atoms with Crippen LogP contribution in [-0.2, 0) is 11.3 Å². The molecule has 2 aromatic rings. The topological polar surface area (TPSA) is 37.3 Å². The van der Waals surface area contributed by atoms with Crippen LogP contribution >= 0.6 is 0 Å². The lowest BCUT2D eigenvalue weighted by molar-refractivity contribution is -0.116. The fraction of sp³-hybridized carbons (Fsp3) is 0.421. The van der Waals surface area contributed by atoms with Gasteiger partial charge in [0.25, 0.3) is 0 Å². The highest BCUT2D eigenvalue weighted by Crippen LogP contribution is 2.38. The summed E-state index contributed by atoms with van der Waals surface area (Å²) in [6.45, 7) is 6.69. The standard InChI is InChI=1S/C19H23N3O/c1-14-15(8-11-22(14)13-12-21-9-4-5-10-21)18-16-6-2-3-7-17(16)20-19(18)23/h2-3,6-8,11,18H,4-5,9-10,12-13H2,1H3,(H,20,23). The highest BCUT2D eigenvalue weighted by molar-refractivity contribution is 6.05. The average Bonchev–Trinajstić information content (AvgIpc) is 3.24. The summed E-state index contributed by atoms with van der Waals surface area (Å²) in [7, 11) is 0. The minimum Gasteiger partial charge on any atom is -0.350 e. The molecule has 1 unspecified atom stereocenters. The SMILES string of the molecule is Cc1c(C2C(=O)Nc3ccccc32)ccn1CCN1CCCC1. The molecule has 1 aromatic carbocycles. The summed E-state index contributed by atoms with van der Waals surface area (Å²) in [6.07, 6.45) is 4.79. The van der Waals surface area contributed by atoms with E-state index in [-0.39, 0.29) is 11.8 Å². The molecule has 4 heteroatoms. The zero-order valence-corrected chi connectivity index (χ0v) is 13.6. The smallest absolute Gasteiger partial charge is 0.236 e. The molecule has 1 aromatic heterocycles. The molecule has 0 saturated carbocycles. The van der Waals surface area contributed by atoms with Crippen LogP contribution in [0, 0.1) is 6.92 Å². The number of nitrogens with one attached hydrogen (secondary N) is 1. The molecule has 1 saturated heterocycles. The first kappa shape index (κ1) is 14.5. The van der Waals surface area contributed by atoms with Crippen LogP contribution in [0.4, 0.5) is 5.69 Å². The molecule has 1 atom stereocenters. The maximum atomic E-state index is 12.4. The molecular weight excluding hydrogens is 286 g/mol. The summed E-state index contributed by atoms with van der Waals surface area (Å²) in [6, 6.07) is 10.1. The van der Waals surface area contributed by atoms with Crippen LogP contribution in [0.15, 0.2) is 36.5 Å². The maximum Gasteiger partial charge on any atom is 0.236 e. The number of benzene rings is 1. The highest BCUT2D eigenvalue weighted by atomic mass is 16.2. The summed E-state index contributed by atoms with van der Waals surface area (Å²) in [5, 5.41) is 3.00. The van der Waals surface area contributed by atoms with Gasteiger partial charge in [0, 0.05) is 30.7 Å². The van der Waals surface area contributed by atoms with E-state index in [1.54, 1.807) is 0 Å². The second kappa shape index (κ2) is 5.85. The van der Waals surface area contributed by atoms with Gasteiger partial charge in [-0.3, -0.25) is 4.79 Å². The van der Waals surface area contributed by atoms with Crippen LogP contribution in [0.25, 0.3) is 0 Å². The lowest BCUT2D eigenvalue weighted by Crippen LogP contribution is -2.24. The first-order chi connectivity index (χ1) is 11.2. The van der Waals surface area contributed by atoms with Gasteiger partial charge in [0.05, 0.1) is 5.92 Å². The van der Waals surface area contributed by atoms with Gasteiger partial charge in [0.2, 0.25) is 5.91 Å². The van der Waals surface area contributed by atoms with Crippen molar-refractivity contribution in [2.45, 2.75) is 32.2 Å². The van der Waals surface area contributed by atoms with Gasteiger partial charge in [0.1, 0.15) is 0 Å². The fourth-order valence-corrected chi connectivity index (χ4v) is 3.89. The van der Waals surface area contributed by atoms with Crippen LogP contribution in [0.5, 0.6) is 0 Å². The summed E-state index contributed by atoms with van der Waals surface area (Å²) in [4.78, 5) is 15.0. The van der Waals surface area contributed by atoms with Crippen molar-refractivity contribution in [2.75, 3.05) is 25.0 Å². The Morgan fingerprint density at radius 2 is 1.87 bits per heavy atom. The number of para-hydroxylation sites is 1. The molecule has 4 rings (SSSR count). The third kappa shape index (κ3) is 2.57. The largest absolute Gasteiger partial charge is 0.350 e. The van der Waals surface area contributed by atoms with Gasteiger partial charge in [-0.25, -0.2) is 0 Å². The van der Waals surface area contributed by atoms with E-state index in [1.165, 1.54) is 31.6 Å². The number of fused-ring (bicyclic) bond motifs is 1. The van der Waals surface area contributed by atoms with Crippen molar-refractivity contribution in [3.63, 3.8) is 0 Å². The third-order valence-electron chi connectivity index (χ3n) is 5.24. The zero-order valence-electron chi connectivity index (χ0n) is 13.6. The molecule has 0 radical (unpaired) electrons. The molecular formula is C19H23N3O. The Balaban J connectivity index is 1.57. The lowest BCUT2D eigenvalue weighted by Gasteiger charge is -2.16. The van der Waals surface area contributed by atoms with E-state index in [9.17, 15) is 4.79 Å². The molecule has 1 N–H and O–H groups in total. The van der Waals surface area contributed by atoms with Crippen molar-refractivity contribution in [3.8, 4) is 0 Å². The molecule has 0 aliphatic carbocycles. The molecule has 1 fully saturated rings. The van der Waals surface area contributed by atoms with E-state index in [2.05, 4.69) is 40.0 Å². The molecule has 2 aliphatic heterocycles. The van der Waals surface area contributed by atoms with Gasteiger partial charge in [-0.1, -0.05) is 18.2 Å². The molecule has 4 nitrogen and oxygen atoms in total. The first-order valence-electron chi connectivity index (χ1n) is 8.52. The van der Waals surface area contributed by atoms with Gasteiger partial charge in [-0.15, -0.1) is 0 Å². The number of amides is 1. The van der Waals surface area contributed by atoms with E-state index >= 15 is 0 Å². The van der Waals surface area contributed by atoms with E-state index in [1.807, 2.05) is 18.2 Å². The highest BCUT2D eigenvalue weighted by Gasteiger charge is 2.33. The fourth-order valence-electron chi connectivity index (χ4n) is 3.89. The van der Waals surface area contributed by atoms with Crippen molar-refractivity contribution >= 4 is 11.6 Å². The molecule has 120 valence electrons. The van der Waals surface area contributed by atoms with Gasteiger partial charge in [-0.05, 0) is 56.1 Å². The van der Waals surface area contributed by atoms with Crippen molar-refractivity contribution in [1.82, 2.24) is 9.47 Å². The monoisotopic (exact) mass is 309 g/mol.